The molecule has 0 amide bonds. The maximum atomic E-state index is 10.9. The summed E-state index contributed by atoms with van der Waals surface area (Å²) in [6.07, 6.45) is 0. The van der Waals surface area contributed by atoms with Crippen molar-refractivity contribution in [1.29, 1.82) is 0 Å². The van der Waals surface area contributed by atoms with Crippen molar-refractivity contribution in [1.82, 2.24) is 4.98 Å². The number of aryl methyl sites for hydroxylation is 1. The zero-order chi connectivity index (χ0) is 10.2. The Hall–Kier alpha value is -1.25. The van der Waals surface area contributed by atoms with Gasteiger partial charge < -0.3 is 10.1 Å². The molecule has 1 aromatic rings. The zero-order valence-electron chi connectivity index (χ0n) is 8.43. The van der Waals surface area contributed by atoms with Crippen LogP contribution in [0.15, 0.2) is 6.07 Å². The Morgan fingerprint density at radius 1 is 1.46 bits per heavy atom. The number of hydrogen-bond donors (Lipinski definition) is 2. The molecule has 0 saturated heterocycles. The summed E-state index contributed by atoms with van der Waals surface area (Å²) in [5, 5.41) is 8.92. The van der Waals surface area contributed by atoms with Gasteiger partial charge in [-0.2, -0.15) is 0 Å². The minimum Gasteiger partial charge on any atom is -0.478 e. The van der Waals surface area contributed by atoms with Crippen LogP contribution in [0, 0.1) is 6.92 Å². The molecular weight excluding hydrogens is 166 g/mol. The lowest BCUT2D eigenvalue weighted by atomic mass is 9.90. The van der Waals surface area contributed by atoms with E-state index < -0.39 is 5.97 Å². The summed E-state index contributed by atoms with van der Waals surface area (Å²) >= 11 is 0. The number of nitrogens with one attached hydrogen (secondary N) is 1. The van der Waals surface area contributed by atoms with E-state index in [4.69, 9.17) is 5.11 Å². The summed E-state index contributed by atoms with van der Waals surface area (Å²) in [7, 11) is 0. The largest absolute Gasteiger partial charge is 0.478 e. The van der Waals surface area contributed by atoms with E-state index in [1.807, 2.05) is 27.7 Å². The van der Waals surface area contributed by atoms with E-state index in [1.54, 1.807) is 6.07 Å². The van der Waals surface area contributed by atoms with Gasteiger partial charge in [0.15, 0.2) is 0 Å². The standard InChI is InChI=1S/C10H15NO2/c1-6-5-7(9(12)13)8(11-6)10(2,3)4/h5,11H,1-4H3,(H,12,13). The Balaban J connectivity index is 3.28. The summed E-state index contributed by atoms with van der Waals surface area (Å²) in [5.74, 6) is -0.866. The first kappa shape index (κ1) is 9.84. The molecule has 0 aliphatic rings. The molecule has 3 heteroatoms. The number of H-pyrrole nitrogens is 1. The van der Waals surface area contributed by atoms with Crippen molar-refractivity contribution in [2.45, 2.75) is 33.1 Å². The number of carboxylic acid groups (broad SMARTS) is 1. The maximum Gasteiger partial charge on any atom is 0.337 e. The average Bonchev–Trinajstić information content (AvgIpc) is 2.29. The van der Waals surface area contributed by atoms with Gasteiger partial charge in [-0.3, -0.25) is 0 Å². The smallest absolute Gasteiger partial charge is 0.337 e. The highest BCUT2D eigenvalue weighted by molar-refractivity contribution is 5.89. The first-order valence-corrected chi connectivity index (χ1v) is 4.26. The van der Waals surface area contributed by atoms with Gasteiger partial charge in [0.1, 0.15) is 0 Å². The average molecular weight is 181 g/mol. The van der Waals surface area contributed by atoms with Gasteiger partial charge in [0.2, 0.25) is 0 Å². The fraction of sp³-hybridized carbons (Fsp3) is 0.500. The second-order valence-electron chi connectivity index (χ2n) is 4.30. The van der Waals surface area contributed by atoms with Gasteiger partial charge in [-0.15, -0.1) is 0 Å². The van der Waals surface area contributed by atoms with E-state index in [0.717, 1.165) is 11.4 Å². The molecule has 0 radical (unpaired) electrons. The molecule has 0 atom stereocenters. The molecule has 0 spiro atoms. The molecule has 3 nitrogen and oxygen atoms in total. The first-order chi connectivity index (χ1) is 5.82. The second kappa shape index (κ2) is 2.91. The third-order valence-corrected chi connectivity index (χ3v) is 1.93. The van der Waals surface area contributed by atoms with Crippen LogP contribution in [0.25, 0.3) is 0 Å². The number of carboxylic acids is 1. The van der Waals surface area contributed by atoms with E-state index in [2.05, 4.69) is 4.98 Å². The topological polar surface area (TPSA) is 53.1 Å². The highest BCUT2D eigenvalue weighted by atomic mass is 16.4. The van der Waals surface area contributed by atoms with Crippen LogP contribution >= 0.6 is 0 Å². The van der Waals surface area contributed by atoms with Crippen LogP contribution in [0.5, 0.6) is 0 Å². The van der Waals surface area contributed by atoms with Crippen LogP contribution in [-0.4, -0.2) is 16.1 Å². The molecule has 13 heavy (non-hydrogen) atoms. The van der Waals surface area contributed by atoms with Gasteiger partial charge in [0.25, 0.3) is 0 Å². The summed E-state index contributed by atoms with van der Waals surface area (Å²) in [6, 6.07) is 1.67. The Morgan fingerprint density at radius 3 is 2.31 bits per heavy atom. The monoisotopic (exact) mass is 181 g/mol. The Labute approximate surface area is 77.8 Å². The van der Waals surface area contributed by atoms with Crippen LogP contribution < -0.4 is 0 Å². The van der Waals surface area contributed by atoms with E-state index >= 15 is 0 Å². The summed E-state index contributed by atoms with van der Waals surface area (Å²) in [6.45, 7) is 7.84. The van der Waals surface area contributed by atoms with Crippen LogP contribution in [0.2, 0.25) is 0 Å². The van der Waals surface area contributed by atoms with Gasteiger partial charge in [0, 0.05) is 16.8 Å². The van der Waals surface area contributed by atoms with Gasteiger partial charge >= 0.3 is 5.97 Å². The fourth-order valence-electron chi connectivity index (χ4n) is 1.35. The Kier molecular flexibility index (Phi) is 2.20. The van der Waals surface area contributed by atoms with Crippen molar-refractivity contribution in [3.8, 4) is 0 Å². The molecule has 0 aliphatic carbocycles. The summed E-state index contributed by atoms with van der Waals surface area (Å²) in [5.41, 5.74) is 1.91. The van der Waals surface area contributed by atoms with Gasteiger partial charge in [-0.05, 0) is 13.0 Å². The van der Waals surface area contributed by atoms with Crippen LogP contribution in [0.4, 0.5) is 0 Å². The normalized spacial score (nSPS) is 11.7. The van der Waals surface area contributed by atoms with Gasteiger partial charge in [-0.25, -0.2) is 4.79 Å². The molecule has 0 saturated carbocycles. The quantitative estimate of drug-likeness (QED) is 0.698. The summed E-state index contributed by atoms with van der Waals surface area (Å²) < 4.78 is 0. The Bertz CT molecular complexity index is 331. The highest BCUT2D eigenvalue weighted by Gasteiger charge is 2.23. The molecular formula is C10H15NO2. The predicted octanol–water partition coefficient (Wildman–Crippen LogP) is 2.32. The molecule has 0 aliphatic heterocycles. The van der Waals surface area contributed by atoms with Crippen LogP contribution in [-0.2, 0) is 5.41 Å². The van der Waals surface area contributed by atoms with Crippen molar-refractivity contribution in [3.05, 3.63) is 23.0 Å². The second-order valence-corrected chi connectivity index (χ2v) is 4.30. The lowest BCUT2D eigenvalue weighted by molar-refractivity contribution is 0.0694. The molecule has 1 aromatic heterocycles. The van der Waals surface area contributed by atoms with Gasteiger partial charge in [0.05, 0.1) is 5.56 Å². The predicted molar refractivity (Wildman–Crippen MR) is 51.2 cm³/mol. The van der Waals surface area contributed by atoms with Crippen LogP contribution in [0.1, 0.15) is 42.5 Å². The van der Waals surface area contributed by atoms with E-state index in [-0.39, 0.29) is 5.41 Å². The minimum atomic E-state index is -0.866. The molecule has 0 unspecified atom stereocenters. The lowest BCUT2D eigenvalue weighted by Crippen LogP contribution is -2.16. The third kappa shape index (κ3) is 1.91. The summed E-state index contributed by atoms with van der Waals surface area (Å²) in [4.78, 5) is 13.9. The lowest BCUT2D eigenvalue weighted by Gasteiger charge is -2.17. The number of aromatic amines is 1. The molecule has 1 heterocycles. The number of rotatable bonds is 1. The molecule has 2 N–H and O–H groups in total. The van der Waals surface area contributed by atoms with Gasteiger partial charge in [-0.1, -0.05) is 20.8 Å². The number of aromatic nitrogens is 1. The third-order valence-electron chi connectivity index (χ3n) is 1.93. The molecule has 72 valence electrons. The van der Waals surface area contributed by atoms with Crippen molar-refractivity contribution < 1.29 is 9.90 Å². The fourth-order valence-corrected chi connectivity index (χ4v) is 1.35. The first-order valence-electron chi connectivity index (χ1n) is 4.26. The van der Waals surface area contributed by atoms with E-state index in [1.165, 1.54) is 0 Å². The Morgan fingerprint density at radius 2 is 2.00 bits per heavy atom. The number of hydrogen-bond acceptors (Lipinski definition) is 1. The SMILES string of the molecule is Cc1cc(C(=O)O)c(C(C)(C)C)[nH]1. The highest BCUT2D eigenvalue weighted by Crippen LogP contribution is 2.25. The van der Waals surface area contributed by atoms with Crippen LogP contribution in [0.3, 0.4) is 0 Å². The maximum absolute atomic E-state index is 10.9. The number of carbonyl (C=O) groups is 1. The zero-order valence-corrected chi connectivity index (χ0v) is 8.43. The molecule has 1 rings (SSSR count). The van der Waals surface area contributed by atoms with Crippen molar-refractivity contribution in [2.75, 3.05) is 0 Å². The molecule has 0 bridgehead atoms. The molecule has 0 aromatic carbocycles. The van der Waals surface area contributed by atoms with E-state index in [9.17, 15) is 4.79 Å². The van der Waals surface area contributed by atoms with E-state index in [0.29, 0.717) is 5.56 Å². The van der Waals surface area contributed by atoms with Crippen molar-refractivity contribution in [2.24, 2.45) is 0 Å². The minimum absolute atomic E-state index is 0.151. The van der Waals surface area contributed by atoms with Crippen molar-refractivity contribution >= 4 is 5.97 Å². The molecule has 0 fully saturated rings. The van der Waals surface area contributed by atoms with Crippen molar-refractivity contribution in [3.63, 3.8) is 0 Å². The number of aromatic carboxylic acids is 1.